The van der Waals surface area contributed by atoms with E-state index in [9.17, 15) is 5.11 Å². The van der Waals surface area contributed by atoms with Crippen LogP contribution in [-0.4, -0.2) is 47.3 Å². The first-order valence-corrected chi connectivity index (χ1v) is 5.69. The Morgan fingerprint density at radius 1 is 1.44 bits per heavy atom. The number of aliphatic hydroxyl groups is 1. The van der Waals surface area contributed by atoms with Crippen LogP contribution in [0.5, 0.6) is 0 Å². The van der Waals surface area contributed by atoms with Gasteiger partial charge in [0.05, 0.1) is 19.3 Å². The molecule has 4 heteroatoms. The lowest BCUT2D eigenvalue weighted by Crippen LogP contribution is -2.44. The fourth-order valence-electron chi connectivity index (χ4n) is 2.01. The van der Waals surface area contributed by atoms with Gasteiger partial charge in [0.25, 0.3) is 0 Å². The van der Waals surface area contributed by atoms with Gasteiger partial charge in [-0.25, -0.2) is 0 Å². The molecule has 0 bridgehead atoms. The predicted molar refractivity (Wildman–Crippen MR) is 61.1 cm³/mol. The topological polar surface area (TPSA) is 45.6 Å². The Balaban J connectivity index is 2.00. The SMILES string of the molecule is C[C@@H]([C@@H](O)c1cccnc1)N1CCOCC1. The highest BCUT2D eigenvalue weighted by atomic mass is 16.5. The molecule has 16 heavy (non-hydrogen) atoms. The van der Waals surface area contributed by atoms with Gasteiger partial charge in [-0.3, -0.25) is 9.88 Å². The number of aromatic nitrogens is 1. The van der Waals surface area contributed by atoms with Crippen molar-refractivity contribution < 1.29 is 9.84 Å². The highest BCUT2D eigenvalue weighted by molar-refractivity contribution is 5.13. The van der Waals surface area contributed by atoms with Gasteiger partial charge in [-0.1, -0.05) is 6.07 Å². The number of nitrogens with zero attached hydrogens (tertiary/aromatic N) is 2. The Hall–Kier alpha value is -0.970. The number of ether oxygens (including phenoxy) is 1. The third-order valence-electron chi connectivity index (χ3n) is 3.10. The van der Waals surface area contributed by atoms with Gasteiger partial charge in [0.1, 0.15) is 0 Å². The highest BCUT2D eigenvalue weighted by Crippen LogP contribution is 2.20. The van der Waals surface area contributed by atoms with E-state index in [1.165, 1.54) is 0 Å². The van der Waals surface area contributed by atoms with E-state index >= 15 is 0 Å². The summed E-state index contributed by atoms with van der Waals surface area (Å²) in [6.45, 7) is 5.33. The Morgan fingerprint density at radius 3 is 2.81 bits per heavy atom. The summed E-state index contributed by atoms with van der Waals surface area (Å²) in [5, 5.41) is 10.2. The molecule has 2 rings (SSSR count). The third-order valence-corrected chi connectivity index (χ3v) is 3.10. The molecule has 4 nitrogen and oxygen atoms in total. The summed E-state index contributed by atoms with van der Waals surface area (Å²) < 4.78 is 5.30. The molecule has 2 heterocycles. The smallest absolute Gasteiger partial charge is 0.0957 e. The lowest BCUT2D eigenvalue weighted by molar-refractivity contribution is -0.0166. The van der Waals surface area contributed by atoms with Crippen molar-refractivity contribution in [3.05, 3.63) is 30.1 Å². The van der Waals surface area contributed by atoms with E-state index in [1.807, 2.05) is 19.1 Å². The largest absolute Gasteiger partial charge is 0.387 e. The molecule has 0 saturated carbocycles. The van der Waals surface area contributed by atoms with Crippen LogP contribution in [0.25, 0.3) is 0 Å². The van der Waals surface area contributed by atoms with Crippen molar-refractivity contribution in [2.75, 3.05) is 26.3 Å². The number of pyridine rings is 1. The second-order valence-electron chi connectivity index (χ2n) is 4.12. The van der Waals surface area contributed by atoms with E-state index in [4.69, 9.17) is 4.74 Å². The lowest BCUT2D eigenvalue weighted by Gasteiger charge is -2.34. The molecular weight excluding hydrogens is 204 g/mol. The quantitative estimate of drug-likeness (QED) is 0.823. The minimum absolute atomic E-state index is 0.105. The first-order valence-electron chi connectivity index (χ1n) is 5.69. The Bertz CT molecular complexity index is 312. The zero-order valence-electron chi connectivity index (χ0n) is 9.54. The van der Waals surface area contributed by atoms with Gasteiger partial charge >= 0.3 is 0 Å². The van der Waals surface area contributed by atoms with Crippen molar-refractivity contribution >= 4 is 0 Å². The van der Waals surface area contributed by atoms with Crippen molar-refractivity contribution in [1.82, 2.24) is 9.88 Å². The average Bonchev–Trinajstić information content (AvgIpc) is 2.39. The molecule has 0 aliphatic carbocycles. The van der Waals surface area contributed by atoms with Crippen LogP contribution in [0.15, 0.2) is 24.5 Å². The van der Waals surface area contributed by atoms with E-state index in [0.29, 0.717) is 0 Å². The predicted octanol–water partition coefficient (Wildman–Crippen LogP) is 0.836. The van der Waals surface area contributed by atoms with Crippen LogP contribution in [0.3, 0.4) is 0 Å². The number of hydrogen-bond acceptors (Lipinski definition) is 4. The summed E-state index contributed by atoms with van der Waals surface area (Å²) in [4.78, 5) is 6.28. The molecule has 0 unspecified atom stereocenters. The normalized spacial score (nSPS) is 21.6. The maximum atomic E-state index is 10.2. The Kier molecular flexibility index (Phi) is 3.88. The van der Waals surface area contributed by atoms with E-state index in [2.05, 4.69) is 9.88 Å². The first-order chi connectivity index (χ1) is 7.79. The van der Waals surface area contributed by atoms with Crippen LogP contribution in [0.2, 0.25) is 0 Å². The van der Waals surface area contributed by atoms with E-state index in [-0.39, 0.29) is 6.04 Å². The second-order valence-corrected chi connectivity index (χ2v) is 4.12. The average molecular weight is 222 g/mol. The molecule has 0 amide bonds. The minimum Gasteiger partial charge on any atom is -0.387 e. The van der Waals surface area contributed by atoms with Gasteiger partial charge < -0.3 is 9.84 Å². The lowest BCUT2D eigenvalue weighted by atomic mass is 10.0. The van der Waals surface area contributed by atoms with Crippen LogP contribution in [-0.2, 0) is 4.74 Å². The summed E-state index contributed by atoms with van der Waals surface area (Å²) in [5.41, 5.74) is 0.876. The van der Waals surface area contributed by atoms with Crippen LogP contribution in [0, 0.1) is 0 Å². The van der Waals surface area contributed by atoms with Gasteiger partial charge in [0, 0.05) is 37.1 Å². The van der Waals surface area contributed by atoms with Crippen molar-refractivity contribution in [2.24, 2.45) is 0 Å². The van der Waals surface area contributed by atoms with Crippen LogP contribution < -0.4 is 0 Å². The minimum atomic E-state index is -0.480. The summed E-state index contributed by atoms with van der Waals surface area (Å²) in [5.74, 6) is 0. The molecular formula is C12H18N2O2. The molecule has 1 aliphatic rings. The molecule has 0 radical (unpaired) electrons. The van der Waals surface area contributed by atoms with E-state index in [1.54, 1.807) is 12.4 Å². The molecule has 0 spiro atoms. The van der Waals surface area contributed by atoms with Gasteiger partial charge in [-0.05, 0) is 13.0 Å². The number of morpholine rings is 1. The summed E-state index contributed by atoms with van der Waals surface area (Å²) in [6, 6.07) is 3.87. The zero-order chi connectivity index (χ0) is 11.4. The van der Waals surface area contributed by atoms with Crippen molar-refractivity contribution in [2.45, 2.75) is 19.1 Å². The molecule has 1 aromatic heterocycles. The van der Waals surface area contributed by atoms with Crippen LogP contribution in [0.1, 0.15) is 18.6 Å². The maximum absolute atomic E-state index is 10.2. The van der Waals surface area contributed by atoms with Gasteiger partial charge in [0.2, 0.25) is 0 Å². The zero-order valence-corrected chi connectivity index (χ0v) is 9.54. The first kappa shape index (κ1) is 11.5. The van der Waals surface area contributed by atoms with E-state index in [0.717, 1.165) is 31.9 Å². The van der Waals surface area contributed by atoms with Crippen molar-refractivity contribution in [3.8, 4) is 0 Å². The highest BCUT2D eigenvalue weighted by Gasteiger charge is 2.24. The summed E-state index contributed by atoms with van der Waals surface area (Å²) in [6.07, 6.45) is 2.96. The maximum Gasteiger partial charge on any atom is 0.0957 e. The molecule has 1 aromatic rings. The molecule has 1 aliphatic heterocycles. The molecule has 88 valence electrons. The molecule has 0 aromatic carbocycles. The van der Waals surface area contributed by atoms with Crippen molar-refractivity contribution in [1.29, 1.82) is 0 Å². The molecule has 1 fully saturated rings. The Morgan fingerprint density at radius 2 is 2.19 bits per heavy atom. The van der Waals surface area contributed by atoms with E-state index < -0.39 is 6.10 Å². The van der Waals surface area contributed by atoms with Crippen LogP contribution >= 0.6 is 0 Å². The molecule has 2 atom stereocenters. The monoisotopic (exact) mass is 222 g/mol. The Labute approximate surface area is 95.9 Å². The van der Waals surface area contributed by atoms with Gasteiger partial charge in [-0.2, -0.15) is 0 Å². The number of hydrogen-bond donors (Lipinski definition) is 1. The summed E-state index contributed by atoms with van der Waals surface area (Å²) in [7, 11) is 0. The summed E-state index contributed by atoms with van der Waals surface area (Å²) >= 11 is 0. The van der Waals surface area contributed by atoms with Gasteiger partial charge in [0.15, 0.2) is 0 Å². The fourth-order valence-corrected chi connectivity index (χ4v) is 2.01. The molecule has 1 saturated heterocycles. The number of rotatable bonds is 3. The third kappa shape index (κ3) is 2.58. The second kappa shape index (κ2) is 5.39. The van der Waals surface area contributed by atoms with Crippen molar-refractivity contribution in [3.63, 3.8) is 0 Å². The fraction of sp³-hybridized carbons (Fsp3) is 0.583. The standard InChI is InChI=1S/C12H18N2O2/c1-10(14-5-7-16-8-6-14)12(15)11-3-2-4-13-9-11/h2-4,9-10,12,15H,5-8H2,1H3/t10-,12+/m0/s1. The number of aliphatic hydroxyl groups excluding tert-OH is 1. The van der Waals surface area contributed by atoms with Gasteiger partial charge in [-0.15, -0.1) is 0 Å². The van der Waals surface area contributed by atoms with Crippen LogP contribution in [0.4, 0.5) is 0 Å². The molecule has 1 N–H and O–H groups in total.